The second-order valence-corrected chi connectivity index (χ2v) is 6.54. The van der Waals surface area contributed by atoms with Gasteiger partial charge in [0.2, 0.25) is 5.13 Å². The van der Waals surface area contributed by atoms with Crippen LogP contribution in [0.25, 0.3) is 11.3 Å². The molecule has 1 N–H and O–H groups in total. The topological polar surface area (TPSA) is 46.5 Å². The highest BCUT2D eigenvalue weighted by Gasteiger charge is 2.05. The van der Waals surface area contributed by atoms with Gasteiger partial charge in [0.15, 0.2) is 0 Å². The summed E-state index contributed by atoms with van der Waals surface area (Å²) in [5.41, 5.74) is 8.45. The van der Waals surface area contributed by atoms with Gasteiger partial charge in [0, 0.05) is 16.5 Å². The van der Waals surface area contributed by atoms with Crippen LogP contribution in [0, 0.1) is 13.8 Å². The summed E-state index contributed by atoms with van der Waals surface area (Å²) in [6, 6.07) is 14.2. The maximum atomic E-state index is 5.57. The van der Waals surface area contributed by atoms with Gasteiger partial charge in [0.25, 0.3) is 0 Å². The Hall–Kier alpha value is -2.66. The molecule has 0 saturated carbocycles. The van der Waals surface area contributed by atoms with Gasteiger partial charge in [-0.15, -0.1) is 11.3 Å². The molecule has 5 heteroatoms. The molecule has 0 aliphatic rings. The standard InChI is InChI=1S/C20H21N3OS/c1-4-24-17-10-14(2)18(15(3)11-17)12-21-23-20-22-19(13-25-20)16-8-6-5-7-9-16/h5-13H,4H2,1-3H3,(H,22,23). The molecule has 0 fully saturated rings. The number of ether oxygens (including phenoxy) is 1. The molecule has 1 aromatic heterocycles. The lowest BCUT2D eigenvalue weighted by Crippen LogP contribution is -1.98. The average molecular weight is 351 g/mol. The molecule has 128 valence electrons. The largest absolute Gasteiger partial charge is 0.494 e. The summed E-state index contributed by atoms with van der Waals surface area (Å²) in [6.07, 6.45) is 1.84. The van der Waals surface area contributed by atoms with Crippen LogP contribution < -0.4 is 10.2 Å². The smallest absolute Gasteiger partial charge is 0.203 e. The minimum atomic E-state index is 0.668. The van der Waals surface area contributed by atoms with Crippen LogP contribution in [0.3, 0.4) is 0 Å². The lowest BCUT2D eigenvalue weighted by Gasteiger charge is -2.09. The summed E-state index contributed by atoms with van der Waals surface area (Å²) in [4.78, 5) is 4.57. The van der Waals surface area contributed by atoms with E-state index >= 15 is 0 Å². The number of anilines is 1. The second-order valence-electron chi connectivity index (χ2n) is 5.68. The summed E-state index contributed by atoms with van der Waals surface area (Å²) >= 11 is 1.54. The molecule has 4 nitrogen and oxygen atoms in total. The van der Waals surface area contributed by atoms with E-state index in [1.54, 1.807) is 11.3 Å². The van der Waals surface area contributed by atoms with E-state index in [-0.39, 0.29) is 0 Å². The molecule has 25 heavy (non-hydrogen) atoms. The van der Waals surface area contributed by atoms with Crippen molar-refractivity contribution >= 4 is 22.7 Å². The average Bonchev–Trinajstić information content (AvgIpc) is 3.07. The van der Waals surface area contributed by atoms with Crippen LogP contribution in [0.4, 0.5) is 5.13 Å². The van der Waals surface area contributed by atoms with Crippen molar-refractivity contribution in [1.82, 2.24) is 4.98 Å². The van der Waals surface area contributed by atoms with Gasteiger partial charge >= 0.3 is 0 Å². The van der Waals surface area contributed by atoms with Gasteiger partial charge in [-0.3, -0.25) is 5.43 Å². The molecule has 0 unspecified atom stereocenters. The highest BCUT2D eigenvalue weighted by molar-refractivity contribution is 7.14. The van der Waals surface area contributed by atoms with E-state index < -0.39 is 0 Å². The van der Waals surface area contributed by atoms with Crippen LogP contribution in [-0.4, -0.2) is 17.8 Å². The molecule has 0 bridgehead atoms. The zero-order valence-electron chi connectivity index (χ0n) is 14.6. The quantitative estimate of drug-likeness (QED) is 0.486. The van der Waals surface area contributed by atoms with Gasteiger partial charge in [-0.25, -0.2) is 4.98 Å². The number of hydrazone groups is 1. The first-order chi connectivity index (χ1) is 12.2. The highest BCUT2D eigenvalue weighted by atomic mass is 32.1. The van der Waals surface area contributed by atoms with Crippen LogP contribution >= 0.6 is 11.3 Å². The van der Waals surface area contributed by atoms with Crippen LogP contribution in [0.2, 0.25) is 0 Å². The first kappa shape index (κ1) is 17.2. The predicted molar refractivity (Wildman–Crippen MR) is 106 cm³/mol. The van der Waals surface area contributed by atoms with E-state index in [0.717, 1.165) is 38.8 Å². The third-order valence-corrected chi connectivity index (χ3v) is 4.55. The Bertz CT molecular complexity index is 849. The van der Waals surface area contributed by atoms with Crippen molar-refractivity contribution in [3.8, 4) is 17.0 Å². The SMILES string of the molecule is CCOc1cc(C)c(C=NNc2nc(-c3ccccc3)cs2)c(C)c1. The van der Waals surface area contributed by atoms with Crippen LogP contribution in [-0.2, 0) is 0 Å². The summed E-state index contributed by atoms with van der Waals surface area (Å²) in [6.45, 7) is 6.78. The van der Waals surface area contributed by atoms with E-state index in [2.05, 4.69) is 41.5 Å². The second kappa shape index (κ2) is 7.94. The van der Waals surface area contributed by atoms with Gasteiger partial charge in [-0.2, -0.15) is 5.10 Å². The fourth-order valence-corrected chi connectivity index (χ4v) is 3.28. The zero-order chi connectivity index (χ0) is 17.6. The van der Waals surface area contributed by atoms with Gasteiger partial charge in [-0.1, -0.05) is 30.3 Å². The number of aromatic nitrogens is 1. The molecule has 0 spiro atoms. The third-order valence-electron chi connectivity index (χ3n) is 3.81. The lowest BCUT2D eigenvalue weighted by molar-refractivity contribution is 0.340. The third kappa shape index (κ3) is 4.25. The Kier molecular flexibility index (Phi) is 5.46. The molecular formula is C20H21N3OS. The van der Waals surface area contributed by atoms with Crippen molar-refractivity contribution in [2.45, 2.75) is 20.8 Å². The molecule has 0 atom stereocenters. The van der Waals surface area contributed by atoms with Crippen molar-refractivity contribution in [2.24, 2.45) is 5.10 Å². The van der Waals surface area contributed by atoms with Gasteiger partial charge in [0.1, 0.15) is 5.75 Å². The molecule has 2 aromatic carbocycles. The van der Waals surface area contributed by atoms with Crippen molar-refractivity contribution in [3.63, 3.8) is 0 Å². The molecule has 1 heterocycles. The number of nitrogens with zero attached hydrogens (tertiary/aromatic N) is 2. The summed E-state index contributed by atoms with van der Waals surface area (Å²) in [5.74, 6) is 0.898. The number of hydrogen-bond acceptors (Lipinski definition) is 5. The molecule has 3 aromatic rings. The number of aryl methyl sites for hydroxylation is 2. The number of nitrogens with one attached hydrogen (secondary N) is 1. The summed E-state index contributed by atoms with van der Waals surface area (Å²) < 4.78 is 5.57. The fourth-order valence-electron chi connectivity index (χ4n) is 2.61. The van der Waals surface area contributed by atoms with Crippen molar-refractivity contribution in [1.29, 1.82) is 0 Å². The molecule has 0 aliphatic heterocycles. The van der Waals surface area contributed by atoms with E-state index in [4.69, 9.17) is 4.74 Å². The maximum absolute atomic E-state index is 5.57. The fraction of sp³-hybridized carbons (Fsp3) is 0.200. The molecule has 3 rings (SSSR count). The number of thiazole rings is 1. The Morgan fingerprint density at radius 2 is 1.88 bits per heavy atom. The summed E-state index contributed by atoms with van der Waals surface area (Å²) in [7, 11) is 0. The Labute approximate surface area is 152 Å². The van der Waals surface area contributed by atoms with Crippen molar-refractivity contribution < 1.29 is 4.74 Å². The minimum Gasteiger partial charge on any atom is -0.494 e. The molecule has 0 radical (unpaired) electrons. The van der Waals surface area contributed by atoms with E-state index in [0.29, 0.717) is 6.61 Å². The Morgan fingerprint density at radius 3 is 2.56 bits per heavy atom. The van der Waals surface area contributed by atoms with E-state index in [9.17, 15) is 0 Å². The first-order valence-corrected chi connectivity index (χ1v) is 9.09. The van der Waals surface area contributed by atoms with Crippen LogP contribution in [0.1, 0.15) is 23.6 Å². The molecular weight excluding hydrogens is 330 g/mol. The minimum absolute atomic E-state index is 0.668. The predicted octanol–water partition coefficient (Wildman–Crippen LogP) is 5.27. The van der Waals surface area contributed by atoms with Gasteiger partial charge in [-0.05, 0) is 44.0 Å². The van der Waals surface area contributed by atoms with Crippen LogP contribution in [0.5, 0.6) is 5.75 Å². The van der Waals surface area contributed by atoms with E-state index in [1.165, 1.54) is 0 Å². The normalized spacial score (nSPS) is 11.0. The molecule has 0 saturated heterocycles. The van der Waals surface area contributed by atoms with Crippen molar-refractivity contribution in [3.05, 3.63) is 64.5 Å². The number of hydrogen-bond donors (Lipinski definition) is 1. The first-order valence-electron chi connectivity index (χ1n) is 8.21. The zero-order valence-corrected chi connectivity index (χ0v) is 15.4. The van der Waals surface area contributed by atoms with E-state index in [1.807, 2.05) is 48.9 Å². The lowest BCUT2D eigenvalue weighted by atomic mass is 10.0. The Morgan fingerprint density at radius 1 is 1.16 bits per heavy atom. The molecule has 0 aliphatic carbocycles. The monoisotopic (exact) mass is 351 g/mol. The maximum Gasteiger partial charge on any atom is 0.203 e. The Balaban J connectivity index is 1.71. The van der Waals surface area contributed by atoms with Crippen LogP contribution in [0.15, 0.2) is 52.9 Å². The number of benzene rings is 2. The van der Waals surface area contributed by atoms with Gasteiger partial charge < -0.3 is 4.74 Å². The molecule has 0 amide bonds. The van der Waals surface area contributed by atoms with Gasteiger partial charge in [0.05, 0.1) is 18.5 Å². The van der Waals surface area contributed by atoms with Crippen molar-refractivity contribution in [2.75, 3.05) is 12.0 Å². The highest BCUT2D eigenvalue weighted by Crippen LogP contribution is 2.25. The summed E-state index contributed by atoms with van der Waals surface area (Å²) in [5, 5.41) is 7.15. The number of rotatable bonds is 6.